The number of hydrogen-bond acceptors (Lipinski definition) is 2. The number of nitrogens with zero attached hydrogens (tertiary/aromatic N) is 2. The van der Waals surface area contributed by atoms with Crippen LogP contribution in [0.15, 0.2) is 114 Å². The second-order valence-electron chi connectivity index (χ2n) is 8.95. The van der Waals surface area contributed by atoms with Crippen LogP contribution in [0.3, 0.4) is 0 Å². The summed E-state index contributed by atoms with van der Waals surface area (Å²) in [5, 5.41) is 2.66. The summed E-state index contributed by atoms with van der Waals surface area (Å²) in [6.45, 7) is 4.08. The van der Waals surface area contributed by atoms with E-state index in [0.29, 0.717) is 5.39 Å². The number of pyridine rings is 2. The van der Waals surface area contributed by atoms with Gasteiger partial charge in [0.1, 0.15) is 0 Å². The first-order chi connectivity index (χ1) is 17.1. The lowest BCUT2D eigenvalue weighted by atomic mass is 9.92. The van der Waals surface area contributed by atoms with Gasteiger partial charge in [0, 0.05) is 22.5 Å². The van der Waals surface area contributed by atoms with Gasteiger partial charge in [-0.25, -0.2) is 0 Å². The quantitative estimate of drug-likeness (QED) is 0.279. The molecule has 2 aromatic heterocycles. The van der Waals surface area contributed by atoms with Gasteiger partial charge in [0.2, 0.25) is 0 Å². The molecule has 0 spiro atoms. The summed E-state index contributed by atoms with van der Waals surface area (Å²) in [6.07, 6.45) is 1.79. The van der Waals surface area contributed by atoms with Crippen molar-refractivity contribution in [2.24, 2.45) is 0 Å². The highest BCUT2D eigenvalue weighted by atomic mass is 16.1. The van der Waals surface area contributed by atoms with E-state index in [4.69, 9.17) is 4.98 Å². The molecule has 0 radical (unpaired) electrons. The van der Waals surface area contributed by atoms with Gasteiger partial charge in [-0.3, -0.25) is 14.3 Å². The molecule has 6 aromatic rings. The fourth-order valence-electron chi connectivity index (χ4n) is 5.01. The van der Waals surface area contributed by atoms with Gasteiger partial charge in [0.05, 0.1) is 16.9 Å². The molecule has 0 amide bonds. The lowest BCUT2D eigenvalue weighted by molar-refractivity contribution is 1.01. The topological polar surface area (TPSA) is 34.9 Å². The average Bonchev–Trinajstić information content (AvgIpc) is 2.90. The van der Waals surface area contributed by atoms with Crippen LogP contribution in [0.4, 0.5) is 0 Å². The van der Waals surface area contributed by atoms with E-state index >= 15 is 0 Å². The Labute approximate surface area is 204 Å². The first kappa shape index (κ1) is 21.1. The molecule has 0 unspecified atom stereocenters. The van der Waals surface area contributed by atoms with Crippen LogP contribution in [0.5, 0.6) is 0 Å². The molecule has 0 fully saturated rings. The molecule has 2 heterocycles. The Bertz CT molecular complexity index is 1770. The number of hydrogen-bond donors (Lipinski definition) is 0. The third-order valence-electron chi connectivity index (χ3n) is 6.62. The molecule has 0 N–H and O–H groups in total. The highest BCUT2D eigenvalue weighted by molar-refractivity contribution is 6.04. The molecule has 0 aliphatic rings. The summed E-state index contributed by atoms with van der Waals surface area (Å²) < 4.78 is 1.89. The van der Waals surface area contributed by atoms with Gasteiger partial charge in [-0.1, -0.05) is 96.6 Å². The third kappa shape index (κ3) is 3.44. The van der Waals surface area contributed by atoms with Gasteiger partial charge in [-0.2, -0.15) is 0 Å². The Hall–Kier alpha value is -4.50. The van der Waals surface area contributed by atoms with E-state index in [1.54, 1.807) is 6.20 Å². The molecular weight excluding hydrogens is 428 g/mol. The van der Waals surface area contributed by atoms with Crippen LogP contribution in [0, 0.1) is 13.8 Å². The summed E-state index contributed by atoms with van der Waals surface area (Å²) in [7, 11) is 0. The van der Waals surface area contributed by atoms with Crippen molar-refractivity contribution in [3.8, 4) is 28.1 Å². The third-order valence-corrected chi connectivity index (χ3v) is 6.62. The Morgan fingerprint density at radius 1 is 0.686 bits per heavy atom. The van der Waals surface area contributed by atoms with Gasteiger partial charge >= 0.3 is 0 Å². The van der Waals surface area contributed by atoms with E-state index in [1.807, 2.05) is 73.0 Å². The molecular formula is C32H24N2O. The number of rotatable bonds is 3. The normalized spacial score (nSPS) is 11.3. The van der Waals surface area contributed by atoms with E-state index < -0.39 is 0 Å². The van der Waals surface area contributed by atoms with Crippen molar-refractivity contribution < 1.29 is 0 Å². The minimum Gasteiger partial charge on any atom is -0.273 e. The van der Waals surface area contributed by atoms with E-state index in [0.717, 1.165) is 55.5 Å². The van der Waals surface area contributed by atoms with Crippen molar-refractivity contribution in [3.63, 3.8) is 0 Å². The van der Waals surface area contributed by atoms with E-state index in [2.05, 4.69) is 48.5 Å². The summed E-state index contributed by atoms with van der Waals surface area (Å²) >= 11 is 0. The Morgan fingerprint density at radius 2 is 1.40 bits per heavy atom. The van der Waals surface area contributed by atoms with Gasteiger partial charge in [-0.15, -0.1) is 0 Å². The maximum Gasteiger partial charge on any atom is 0.263 e. The molecule has 35 heavy (non-hydrogen) atoms. The molecule has 0 saturated heterocycles. The van der Waals surface area contributed by atoms with Crippen LogP contribution >= 0.6 is 0 Å². The number of aryl methyl sites for hydroxylation is 2. The SMILES string of the molecule is Cc1ccc2c(-c3ccccc3)c(-c3ccccc3)n(-c3c(C)ccc4cccnc34)c(=O)c2c1. The second kappa shape index (κ2) is 8.37. The van der Waals surface area contributed by atoms with Crippen molar-refractivity contribution in [3.05, 3.63) is 131 Å². The van der Waals surface area contributed by atoms with Gasteiger partial charge < -0.3 is 0 Å². The van der Waals surface area contributed by atoms with Crippen LogP contribution in [-0.2, 0) is 0 Å². The van der Waals surface area contributed by atoms with Gasteiger partial charge in [0.15, 0.2) is 0 Å². The summed E-state index contributed by atoms with van der Waals surface area (Å²) in [6, 6.07) is 34.8. The number of aromatic nitrogens is 2. The summed E-state index contributed by atoms with van der Waals surface area (Å²) in [5.74, 6) is 0. The average molecular weight is 453 g/mol. The predicted octanol–water partition coefficient (Wildman–Crippen LogP) is 7.49. The Balaban J connectivity index is 1.92. The minimum absolute atomic E-state index is 0.0384. The van der Waals surface area contributed by atoms with Crippen LogP contribution in [0.2, 0.25) is 0 Å². The fourth-order valence-corrected chi connectivity index (χ4v) is 5.01. The summed E-state index contributed by atoms with van der Waals surface area (Å²) in [4.78, 5) is 19.1. The monoisotopic (exact) mass is 452 g/mol. The smallest absolute Gasteiger partial charge is 0.263 e. The zero-order chi connectivity index (χ0) is 23.9. The molecule has 3 heteroatoms. The largest absolute Gasteiger partial charge is 0.273 e. The van der Waals surface area contributed by atoms with E-state index in [1.165, 1.54) is 0 Å². The molecule has 3 nitrogen and oxygen atoms in total. The van der Waals surface area contributed by atoms with E-state index in [-0.39, 0.29) is 5.56 Å². The van der Waals surface area contributed by atoms with Crippen molar-refractivity contribution in [1.29, 1.82) is 0 Å². The van der Waals surface area contributed by atoms with Crippen LogP contribution in [-0.4, -0.2) is 9.55 Å². The molecule has 6 rings (SSSR count). The molecule has 0 saturated carbocycles. The second-order valence-corrected chi connectivity index (χ2v) is 8.95. The number of fused-ring (bicyclic) bond motifs is 2. The van der Waals surface area contributed by atoms with Gasteiger partial charge in [0.25, 0.3) is 5.56 Å². The standard InChI is InChI=1S/C32H24N2O/c1-21-15-18-26-27(20-21)32(35)34(30-22(2)16-17-24-14-9-19-33-29(24)30)31(25-12-7-4-8-13-25)28(26)23-10-5-3-6-11-23/h3-20H,1-2H3. The molecule has 4 aromatic carbocycles. The molecule has 168 valence electrons. The number of benzene rings is 4. The van der Waals surface area contributed by atoms with E-state index in [9.17, 15) is 4.79 Å². The molecule has 0 bridgehead atoms. The molecule has 0 atom stereocenters. The maximum absolute atomic E-state index is 14.4. The van der Waals surface area contributed by atoms with Crippen LogP contribution < -0.4 is 5.56 Å². The lowest BCUT2D eigenvalue weighted by Crippen LogP contribution is -2.23. The van der Waals surface area contributed by atoms with Crippen molar-refractivity contribution in [2.45, 2.75) is 13.8 Å². The first-order valence-corrected chi connectivity index (χ1v) is 11.8. The Morgan fingerprint density at radius 3 is 2.14 bits per heavy atom. The van der Waals surface area contributed by atoms with Crippen molar-refractivity contribution >= 4 is 21.7 Å². The predicted molar refractivity (Wildman–Crippen MR) is 145 cm³/mol. The van der Waals surface area contributed by atoms with Crippen LogP contribution in [0.25, 0.3) is 49.7 Å². The maximum atomic E-state index is 14.4. The van der Waals surface area contributed by atoms with Gasteiger partial charge in [-0.05, 0) is 48.1 Å². The zero-order valence-corrected chi connectivity index (χ0v) is 19.7. The van der Waals surface area contributed by atoms with Crippen molar-refractivity contribution in [2.75, 3.05) is 0 Å². The highest BCUT2D eigenvalue weighted by Crippen LogP contribution is 2.39. The first-order valence-electron chi connectivity index (χ1n) is 11.8. The molecule has 0 aliphatic carbocycles. The minimum atomic E-state index is -0.0384. The fraction of sp³-hybridized carbons (Fsp3) is 0.0625. The zero-order valence-electron chi connectivity index (χ0n) is 19.7. The van der Waals surface area contributed by atoms with Crippen molar-refractivity contribution in [1.82, 2.24) is 9.55 Å². The molecule has 0 aliphatic heterocycles. The Kier molecular flexibility index (Phi) is 5.04. The summed E-state index contributed by atoms with van der Waals surface area (Å²) in [5.41, 5.74) is 7.63. The lowest BCUT2D eigenvalue weighted by Gasteiger charge is -2.23. The highest BCUT2D eigenvalue weighted by Gasteiger charge is 2.23. The van der Waals surface area contributed by atoms with Crippen LogP contribution in [0.1, 0.15) is 11.1 Å².